The number of anilines is 1. The number of benzene rings is 1. The Bertz CT molecular complexity index is 717. The molecule has 0 bridgehead atoms. The number of hydrogen-bond donors (Lipinski definition) is 2. The van der Waals surface area contributed by atoms with E-state index < -0.39 is 6.04 Å². The first-order chi connectivity index (χ1) is 10.4. The van der Waals surface area contributed by atoms with E-state index in [9.17, 15) is 9.59 Å². The molecule has 0 fully saturated rings. The smallest absolute Gasteiger partial charge is 0.262 e. The van der Waals surface area contributed by atoms with Gasteiger partial charge in [-0.15, -0.1) is 11.3 Å². The number of halogens is 2. The zero-order valence-electron chi connectivity index (χ0n) is 11.9. The van der Waals surface area contributed by atoms with Crippen molar-refractivity contribution in [3.05, 3.63) is 49.6 Å². The van der Waals surface area contributed by atoms with Gasteiger partial charge in [0.25, 0.3) is 5.91 Å². The van der Waals surface area contributed by atoms with Crippen LogP contribution in [0.3, 0.4) is 0 Å². The van der Waals surface area contributed by atoms with Crippen LogP contribution in [0.2, 0.25) is 5.02 Å². The molecule has 0 saturated carbocycles. The van der Waals surface area contributed by atoms with Crippen molar-refractivity contribution in [2.45, 2.75) is 19.9 Å². The van der Waals surface area contributed by atoms with Gasteiger partial charge in [-0.25, -0.2) is 0 Å². The predicted octanol–water partition coefficient (Wildman–Crippen LogP) is 4.23. The molecule has 2 amide bonds. The standard InChI is InChI=1S/C15H14BrClN2O2S/c1-8-3-4-10(17)7-11(8)19-14(20)9(2)18-15(21)12-5-6-13(16)22-12/h3-7,9H,1-2H3,(H,18,21)(H,19,20). The average Bonchev–Trinajstić information content (AvgIpc) is 2.89. The number of carbonyl (C=O) groups is 2. The summed E-state index contributed by atoms with van der Waals surface area (Å²) in [5, 5.41) is 5.98. The molecule has 2 rings (SSSR count). The summed E-state index contributed by atoms with van der Waals surface area (Å²) in [4.78, 5) is 24.7. The van der Waals surface area contributed by atoms with Crippen LogP contribution in [0.5, 0.6) is 0 Å². The van der Waals surface area contributed by atoms with Crippen LogP contribution in [0.15, 0.2) is 34.1 Å². The molecule has 22 heavy (non-hydrogen) atoms. The van der Waals surface area contributed by atoms with E-state index in [1.54, 1.807) is 31.2 Å². The molecule has 0 aliphatic heterocycles. The van der Waals surface area contributed by atoms with Crippen molar-refractivity contribution in [3.8, 4) is 0 Å². The van der Waals surface area contributed by atoms with Crippen LogP contribution in [0, 0.1) is 6.92 Å². The fourth-order valence-corrected chi connectivity index (χ4v) is 3.20. The number of aryl methyl sites for hydroxylation is 1. The van der Waals surface area contributed by atoms with E-state index in [-0.39, 0.29) is 11.8 Å². The largest absolute Gasteiger partial charge is 0.340 e. The van der Waals surface area contributed by atoms with Crippen LogP contribution >= 0.6 is 38.9 Å². The topological polar surface area (TPSA) is 58.2 Å². The highest BCUT2D eigenvalue weighted by atomic mass is 79.9. The Balaban J connectivity index is 2.00. The van der Waals surface area contributed by atoms with Crippen molar-refractivity contribution >= 4 is 56.4 Å². The van der Waals surface area contributed by atoms with Gasteiger partial charge in [-0.1, -0.05) is 17.7 Å². The van der Waals surface area contributed by atoms with Crippen molar-refractivity contribution in [1.82, 2.24) is 5.32 Å². The van der Waals surface area contributed by atoms with E-state index in [2.05, 4.69) is 26.6 Å². The molecule has 1 unspecified atom stereocenters. The summed E-state index contributed by atoms with van der Waals surface area (Å²) >= 11 is 10.5. The van der Waals surface area contributed by atoms with Gasteiger partial charge in [-0.3, -0.25) is 9.59 Å². The third-order valence-electron chi connectivity index (χ3n) is 3.00. The molecule has 0 aliphatic carbocycles. The summed E-state index contributed by atoms with van der Waals surface area (Å²) in [6.45, 7) is 3.51. The summed E-state index contributed by atoms with van der Waals surface area (Å²) in [7, 11) is 0. The lowest BCUT2D eigenvalue weighted by Gasteiger charge is -2.15. The van der Waals surface area contributed by atoms with Gasteiger partial charge in [-0.05, 0) is 59.6 Å². The first-order valence-corrected chi connectivity index (χ1v) is 8.49. The molecule has 0 aliphatic rings. The molecule has 2 aromatic rings. The lowest BCUT2D eigenvalue weighted by molar-refractivity contribution is -0.117. The third-order valence-corrected chi connectivity index (χ3v) is 4.85. The van der Waals surface area contributed by atoms with Gasteiger partial charge in [0.2, 0.25) is 5.91 Å². The van der Waals surface area contributed by atoms with Crippen LogP contribution in [0.1, 0.15) is 22.2 Å². The highest BCUT2D eigenvalue weighted by Gasteiger charge is 2.18. The predicted molar refractivity (Wildman–Crippen MR) is 93.8 cm³/mol. The number of carbonyl (C=O) groups excluding carboxylic acids is 2. The van der Waals surface area contributed by atoms with Crippen LogP contribution in [0.4, 0.5) is 5.69 Å². The van der Waals surface area contributed by atoms with E-state index in [4.69, 9.17) is 11.6 Å². The van der Waals surface area contributed by atoms with Gasteiger partial charge >= 0.3 is 0 Å². The minimum Gasteiger partial charge on any atom is -0.340 e. The van der Waals surface area contributed by atoms with Crippen LogP contribution in [-0.4, -0.2) is 17.9 Å². The summed E-state index contributed by atoms with van der Waals surface area (Å²) in [6.07, 6.45) is 0. The number of thiophene rings is 1. The highest BCUT2D eigenvalue weighted by Crippen LogP contribution is 2.22. The van der Waals surface area contributed by atoms with Crippen molar-refractivity contribution in [2.24, 2.45) is 0 Å². The van der Waals surface area contributed by atoms with Crippen LogP contribution in [-0.2, 0) is 4.79 Å². The van der Waals surface area contributed by atoms with Gasteiger partial charge in [0.05, 0.1) is 8.66 Å². The zero-order chi connectivity index (χ0) is 16.3. The Morgan fingerprint density at radius 1 is 1.27 bits per heavy atom. The van der Waals surface area contributed by atoms with Gasteiger partial charge in [0.1, 0.15) is 6.04 Å². The van der Waals surface area contributed by atoms with Crippen LogP contribution in [0.25, 0.3) is 0 Å². The normalized spacial score (nSPS) is 11.8. The summed E-state index contributed by atoms with van der Waals surface area (Å²) in [6, 6.07) is 8.10. The minimum absolute atomic E-state index is 0.277. The first-order valence-electron chi connectivity index (χ1n) is 6.50. The number of amides is 2. The van der Waals surface area contributed by atoms with E-state index >= 15 is 0 Å². The lowest BCUT2D eigenvalue weighted by Crippen LogP contribution is -2.41. The summed E-state index contributed by atoms with van der Waals surface area (Å²) in [5.41, 5.74) is 1.54. The van der Waals surface area contributed by atoms with Gasteiger partial charge < -0.3 is 10.6 Å². The van der Waals surface area contributed by atoms with Gasteiger partial charge in [0, 0.05) is 10.7 Å². The molecule has 0 spiro atoms. The quantitative estimate of drug-likeness (QED) is 0.805. The number of rotatable bonds is 4. The molecule has 4 nitrogen and oxygen atoms in total. The summed E-state index contributed by atoms with van der Waals surface area (Å²) < 4.78 is 0.865. The number of hydrogen-bond acceptors (Lipinski definition) is 3. The fraction of sp³-hybridized carbons (Fsp3) is 0.200. The van der Waals surface area contributed by atoms with E-state index in [1.807, 2.05) is 13.0 Å². The van der Waals surface area contributed by atoms with Crippen molar-refractivity contribution < 1.29 is 9.59 Å². The Morgan fingerprint density at radius 2 is 2.00 bits per heavy atom. The second-order valence-corrected chi connectivity index (χ2v) is 7.65. The van der Waals surface area contributed by atoms with E-state index in [1.165, 1.54) is 11.3 Å². The zero-order valence-corrected chi connectivity index (χ0v) is 15.1. The van der Waals surface area contributed by atoms with Crippen molar-refractivity contribution in [2.75, 3.05) is 5.32 Å². The third kappa shape index (κ3) is 4.32. The molecule has 0 radical (unpaired) electrons. The Morgan fingerprint density at radius 3 is 2.64 bits per heavy atom. The van der Waals surface area contributed by atoms with E-state index in [0.717, 1.165) is 9.35 Å². The average molecular weight is 402 g/mol. The Kier molecular flexibility index (Phi) is 5.61. The second kappa shape index (κ2) is 7.26. The lowest BCUT2D eigenvalue weighted by atomic mass is 10.2. The van der Waals surface area contributed by atoms with Gasteiger partial charge in [0.15, 0.2) is 0 Å². The Labute approximate surface area is 146 Å². The molecule has 0 saturated heterocycles. The molecular weight excluding hydrogens is 388 g/mol. The molecule has 1 heterocycles. The van der Waals surface area contributed by atoms with E-state index in [0.29, 0.717) is 15.6 Å². The maximum Gasteiger partial charge on any atom is 0.262 e. The monoisotopic (exact) mass is 400 g/mol. The molecule has 1 aromatic carbocycles. The molecule has 1 aromatic heterocycles. The minimum atomic E-state index is -0.660. The molecule has 116 valence electrons. The van der Waals surface area contributed by atoms with Crippen molar-refractivity contribution in [3.63, 3.8) is 0 Å². The molecule has 1 atom stereocenters. The Hall–Kier alpha value is -1.37. The maximum atomic E-state index is 12.2. The molecular formula is C15H14BrClN2O2S. The second-order valence-electron chi connectivity index (χ2n) is 4.75. The SMILES string of the molecule is Cc1ccc(Cl)cc1NC(=O)C(C)NC(=O)c1ccc(Br)s1. The van der Waals surface area contributed by atoms with Crippen molar-refractivity contribution in [1.29, 1.82) is 0 Å². The first kappa shape index (κ1) is 17.0. The maximum absolute atomic E-state index is 12.2. The summed E-state index contributed by atoms with van der Waals surface area (Å²) in [5.74, 6) is -0.574. The fourth-order valence-electron chi connectivity index (χ4n) is 1.74. The highest BCUT2D eigenvalue weighted by molar-refractivity contribution is 9.11. The number of nitrogens with one attached hydrogen (secondary N) is 2. The molecule has 7 heteroatoms. The van der Waals surface area contributed by atoms with Gasteiger partial charge in [-0.2, -0.15) is 0 Å². The molecule has 2 N–H and O–H groups in total. The van der Waals surface area contributed by atoms with Crippen LogP contribution < -0.4 is 10.6 Å².